The molecule has 0 saturated carbocycles. The van der Waals surface area contributed by atoms with E-state index < -0.39 is 0 Å². The van der Waals surface area contributed by atoms with Gasteiger partial charge in [-0.2, -0.15) is 0 Å². The first-order valence-corrected chi connectivity index (χ1v) is 6.92. The monoisotopic (exact) mass is 302 g/mol. The normalized spacial score (nSPS) is 14.3. The molecule has 0 aromatic heterocycles. The quantitative estimate of drug-likeness (QED) is 0.793. The molecule has 18 heavy (non-hydrogen) atoms. The number of nitrogen functional groups attached to an aromatic ring is 1. The molecule has 3 N–H and O–H groups in total. The molecule has 0 amide bonds. The molecule has 1 aliphatic rings. The number of nitrogens with one attached hydrogen (secondary N) is 1. The molecule has 0 unspecified atom stereocenters. The fourth-order valence-corrected chi connectivity index (χ4v) is 3.02. The predicted octanol–water partition coefficient (Wildman–Crippen LogP) is 3.34. The lowest BCUT2D eigenvalue weighted by Gasteiger charge is -2.23. The molecule has 0 saturated heterocycles. The summed E-state index contributed by atoms with van der Waals surface area (Å²) in [7, 11) is 0. The van der Waals surface area contributed by atoms with Crippen molar-refractivity contribution >= 4 is 21.6 Å². The number of fused-ring (bicyclic) bond motifs is 1. The summed E-state index contributed by atoms with van der Waals surface area (Å²) in [6.07, 6.45) is 1.04. The van der Waals surface area contributed by atoms with E-state index in [0.717, 1.165) is 29.7 Å². The molecule has 2 aromatic rings. The highest BCUT2D eigenvalue weighted by Crippen LogP contribution is 2.36. The lowest BCUT2D eigenvalue weighted by Crippen LogP contribution is -2.25. The Labute approximate surface area is 115 Å². The number of anilines is 1. The third kappa shape index (κ3) is 1.93. The SMILES string of the molecule is Nc1c(Br)cc(-c2ccccc2)c2c1CNCC2. The van der Waals surface area contributed by atoms with Crippen molar-refractivity contribution in [3.8, 4) is 11.1 Å². The standard InChI is InChI=1S/C15H15BrN2/c16-14-8-12(10-4-2-1-3-5-10)11-6-7-18-9-13(11)15(14)17/h1-5,8,18H,6-7,9,17H2. The summed E-state index contributed by atoms with van der Waals surface area (Å²) in [5, 5.41) is 3.39. The van der Waals surface area contributed by atoms with Crippen LogP contribution in [-0.2, 0) is 13.0 Å². The van der Waals surface area contributed by atoms with Crippen molar-refractivity contribution in [2.45, 2.75) is 13.0 Å². The third-order valence-electron chi connectivity index (χ3n) is 3.48. The molecule has 0 bridgehead atoms. The first-order valence-electron chi connectivity index (χ1n) is 6.13. The van der Waals surface area contributed by atoms with Crippen LogP contribution in [0.5, 0.6) is 0 Å². The topological polar surface area (TPSA) is 38.0 Å². The minimum atomic E-state index is 0.862. The second-order valence-corrected chi connectivity index (χ2v) is 5.42. The zero-order chi connectivity index (χ0) is 12.5. The van der Waals surface area contributed by atoms with E-state index in [1.165, 1.54) is 22.3 Å². The minimum absolute atomic E-state index is 0.862. The molecule has 1 aliphatic heterocycles. The van der Waals surface area contributed by atoms with Gasteiger partial charge in [0.15, 0.2) is 0 Å². The average Bonchev–Trinajstić information content (AvgIpc) is 2.44. The van der Waals surface area contributed by atoms with Crippen LogP contribution >= 0.6 is 15.9 Å². The summed E-state index contributed by atoms with van der Waals surface area (Å²) in [6.45, 7) is 1.88. The van der Waals surface area contributed by atoms with Crippen molar-refractivity contribution in [3.63, 3.8) is 0 Å². The predicted molar refractivity (Wildman–Crippen MR) is 79.4 cm³/mol. The van der Waals surface area contributed by atoms with Crippen LogP contribution in [0, 0.1) is 0 Å². The van der Waals surface area contributed by atoms with Gasteiger partial charge in [-0.15, -0.1) is 0 Å². The smallest absolute Gasteiger partial charge is 0.0507 e. The van der Waals surface area contributed by atoms with E-state index in [2.05, 4.69) is 51.6 Å². The van der Waals surface area contributed by atoms with Crippen molar-refractivity contribution in [1.82, 2.24) is 5.32 Å². The van der Waals surface area contributed by atoms with Crippen LogP contribution < -0.4 is 11.1 Å². The molecule has 0 atom stereocenters. The highest BCUT2D eigenvalue weighted by Gasteiger charge is 2.18. The van der Waals surface area contributed by atoms with E-state index in [1.807, 2.05) is 6.07 Å². The number of nitrogens with two attached hydrogens (primary N) is 1. The van der Waals surface area contributed by atoms with Crippen molar-refractivity contribution in [3.05, 3.63) is 52.0 Å². The van der Waals surface area contributed by atoms with Crippen molar-refractivity contribution in [2.24, 2.45) is 0 Å². The van der Waals surface area contributed by atoms with E-state index >= 15 is 0 Å². The van der Waals surface area contributed by atoms with Gasteiger partial charge in [-0.3, -0.25) is 0 Å². The summed E-state index contributed by atoms with van der Waals surface area (Å²) in [5.41, 5.74) is 12.2. The number of halogens is 1. The second kappa shape index (κ2) is 4.75. The molecule has 0 spiro atoms. The zero-order valence-corrected chi connectivity index (χ0v) is 11.6. The van der Waals surface area contributed by atoms with Gasteiger partial charge in [-0.1, -0.05) is 30.3 Å². The second-order valence-electron chi connectivity index (χ2n) is 4.57. The Morgan fingerprint density at radius 1 is 1.11 bits per heavy atom. The van der Waals surface area contributed by atoms with Crippen molar-refractivity contribution in [1.29, 1.82) is 0 Å². The Hall–Kier alpha value is -1.32. The Bertz CT molecular complexity index is 579. The van der Waals surface area contributed by atoms with Crippen LogP contribution in [0.1, 0.15) is 11.1 Å². The largest absolute Gasteiger partial charge is 0.398 e. The fourth-order valence-electron chi connectivity index (χ4n) is 2.55. The van der Waals surface area contributed by atoms with Crippen molar-refractivity contribution < 1.29 is 0 Å². The summed E-state index contributed by atoms with van der Waals surface area (Å²) < 4.78 is 0.990. The summed E-state index contributed by atoms with van der Waals surface area (Å²) in [5.74, 6) is 0. The molecule has 92 valence electrons. The van der Waals surface area contributed by atoms with Crippen LogP contribution in [0.3, 0.4) is 0 Å². The van der Waals surface area contributed by atoms with Gasteiger partial charge in [0.2, 0.25) is 0 Å². The molecule has 1 heterocycles. The van der Waals surface area contributed by atoms with Crippen LogP contribution in [0.25, 0.3) is 11.1 Å². The number of hydrogen-bond acceptors (Lipinski definition) is 2. The molecule has 0 aliphatic carbocycles. The Kier molecular flexibility index (Phi) is 3.10. The Balaban J connectivity index is 2.24. The van der Waals surface area contributed by atoms with Gasteiger partial charge in [0.05, 0.1) is 5.69 Å². The minimum Gasteiger partial charge on any atom is -0.398 e. The van der Waals surface area contributed by atoms with E-state index in [-0.39, 0.29) is 0 Å². The van der Waals surface area contributed by atoms with Crippen LogP contribution in [0.2, 0.25) is 0 Å². The van der Waals surface area contributed by atoms with Gasteiger partial charge < -0.3 is 11.1 Å². The maximum atomic E-state index is 6.16. The summed E-state index contributed by atoms with van der Waals surface area (Å²) in [6, 6.07) is 12.7. The molecule has 3 heteroatoms. The molecular formula is C15H15BrN2. The Morgan fingerprint density at radius 3 is 2.67 bits per heavy atom. The first kappa shape index (κ1) is 11.8. The van der Waals surface area contributed by atoms with Gasteiger partial charge in [-0.25, -0.2) is 0 Å². The van der Waals surface area contributed by atoms with E-state index in [1.54, 1.807) is 0 Å². The lowest BCUT2D eigenvalue weighted by atomic mass is 9.90. The summed E-state index contributed by atoms with van der Waals surface area (Å²) in [4.78, 5) is 0. The van der Waals surface area contributed by atoms with Crippen LogP contribution in [-0.4, -0.2) is 6.54 Å². The lowest BCUT2D eigenvalue weighted by molar-refractivity contribution is 0.646. The molecular weight excluding hydrogens is 288 g/mol. The molecule has 2 aromatic carbocycles. The van der Waals surface area contributed by atoms with Crippen molar-refractivity contribution in [2.75, 3.05) is 12.3 Å². The van der Waals surface area contributed by atoms with Crippen LogP contribution in [0.15, 0.2) is 40.9 Å². The van der Waals surface area contributed by atoms with Gasteiger partial charge in [0.25, 0.3) is 0 Å². The first-order chi connectivity index (χ1) is 8.77. The number of rotatable bonds is 1. The van der Waals surface area contributed by atoms with Crippen LogP contribution in [0.4, 0.5) is 5.69 Å². The molecule has 3 rings (SSSR count). The number of benzene rings is 2. The third-order valence-corrected chi connectivity index (χ3v) is 4.14. The summed E-state index contributed by atoms with van der Waals surface area (Å²) >= 11 is 3.57. The van der Waals surface area contributed by atoms with E-state index in [9.17, 15) is 0 Å². The highest BCUT2D eigenvalue weighted by molar-refractivity contribution is 9.10. The average molecular weight is 303 g/mol. The Morgan fingerprint density at radius 2 is 1.89 bits per heavy atom. The van der Waals surface area contributed by atoms with Gasteiger partial charge in [0.1, 0.15) is 0 Å². The zero-order valence-electron chi connectivity index (χ0n) is 10.0. The van der Waals surface area contributed by atoms with E-state index in [0.29, 0.717) is 0 Å². The fraction of sp³-hybridized carbons (Fsp3) is 0.200. The van der Waals surface area contributed by atoms with Gasteiger partial charge in [-0.05, 0) is 57.2 Å². The van der Waals surface area contributed by atoms with E-state index in [4.69, 9.17) is 5.73 Å². The molecule has 2 nitrogen and oxygen atoms in total. The van der Waals surface area contributed by atoms with Gasteiger partial charge >= 0.3 is 0 Å². The van der Waals surface area contributed by atoms with Gasteiger partial charge in [0, 0.05) is 11.0 Å². The highest BCUT2D eigenvalue weighted by atomic mass is 79.9. The molecule has 0 radical (unpaired) electrons. The maximum absolute atomic E-state index is 6.16. The molecule has 0 fully saturated rings. The maximum Gasteiger partial charge on any atom is 0.0507 e. The number of hydrogen-bond donors (Lipinski definition) is 2.